The van der Waals surface area contributed by atoms with E-state index in [2.05, 4.69) is 20.3 Å². The SMILES string of the molecule is CCCCNc1ncnc2[nH]cc(C(F)(F)F)c12. The number of nitrogens with zero attached hydrogens (tertiary/aromatic N) is 2. The van der Waals surface area contributed by atoms with Crippen LogP contribution in [0.2, 0.25) is 0 Å². The highest BCUT2D eigenvalue weighted by Gasteiger charge is 2.35. The van der Waals surface area contributed by atoms with Gasteiger partial charge in [-0.1, -0.05) is 13.3 Å². The molecule has 0 spiro atoms. The molecule has 7 heteroatoms. The predicted octanol–water partition coefficient (Wildman–Crippen LogP) is 3.19. The Bertz CT molecular complexity index is 533. The molecule has 0 fully saturated rings. The zero-order valence-electron chi connectivity index (χ0n) is 9.80. The van der Waals surface area contributed by atoms with Gasteiger partial charge < -0.3 is 10.3 Å². The minimum Gasteiger partial charge on any atom is -0.369 e. The van der Waals surface area contributed by atoms with Gasteiger partial charge in [-0.2, -0.15) is 13.2 Å². The zero-order chi connectivity index (χ0) is 13.2. The van der Waals surface area contributed by atoms with Crippen molar-refractivity contribution in [2.24, 2.45) is 0 Å². The van der Waals surface area contributed by atoms with Gasteiger partial charge in [-0.3, -0.25) is 0 Å². The van der Waals surface area contributed by atoms with Crippen LogP contribution in [0.5, 0.6) is 0 Å². The second-order valence-electron chi connectivity index (χ2n) is 3.93. The Labute approximate surface area is 102 Å². The smallest absolute Gasteiger partial charge is 0.369 e. The summed E-state index contributed by atoms with van der Waals surface area (Å²) in [4.78, 5) is 10.2. The lowest BCUT2D eigenvalue weighted by Gasteiger charge is -2.09. The number of alkyl halides is 3. The Hall–Kier alpha value is -1.79. The van der Waals surface area contributed by atoms with Crippen LogP contribution in [-0.4, -0.2) is 21.5 Å². The van der Waals surface area contributed by atoms with Crippen LogP contribution in [0.1, 0.15) is 25.3 Å². The van der Waals surface area contributed by atoms with Crippen molar-refractivity contribution in [1.29, 1.82) is 0 Å². The van der Waals surface area contributed by atoms with Crippen LogP contribution >= 0.6 is 0 Å². The summed E-state index contributed by atoms with van der Waals surface area (Å²) in [5.74, 6) is 0.224. The summed E-state index contributed by atoms with van der Waals surface area (Å²) in [5, 5.41) is 2.92. The molecule has 0 atom stereocenters. The van der Waals surface area contributed by atoms with Gasteiger partial charge in [0.1, 0.15) is 17.8 Å². The number of halogens is 3. The molecule has 2 aromatic heterocycles. The van der Waals surface area contributed by atoms with Gasteiger partial charge in [-0.05, 0) is 6.42 Å². The number of rotatable bonds is 4. The van der Waals surface area contributed by atoms with E-state index in [9.17, 15) is 13.2 Å². The van der Waals surface area contributed by atoms with Gasteiger partial charge >= 0.3 is 6.18 Å². The average molecular weight is 258 g/mol. The van der Waals surface area contributed by atoms with E-state index < -0.39 is 11.7 Å². The minimum atomic E-state index is -4.41. The quantitative estimate of drug-likeness (QED) is 0.828. The summed E-state index contributed by atoms with van der Waals surface area (Å²) in [6, 6.07) is 0. The first-order valence-electron chi connectivity index (χ1n) is 5.67. The summed E-state index contributed by atoms with van der Waals surface area (Å²) in [6.45, 7) is 2.60. The van der Waals surface area contributed by atoms with Crippen molar-refractivity contribution in [3.05, 3.63) is 18.1 Å². The molecule has 0 aliphatic heterocycles. The second kappa shape index (κ2) is 4.83. The van der Waals surface area contributed by atoms with E-state index in [0.29, 0.717) is 6.54 Å². The summed E-state index contributed by atoms with van der Waals surface area (Å²) in [5.41, 5.74) is -0.548. The van der Waals surface area contributed by atoms with Crippen LogP contribution in [0, 0.1) is 0 Å². The third-order valence-electron chi connectivity index (χ3n) is 2.60. The fraction of sp³-hybridized carbons (Fsp3) is 0.455. The highest BCUT2D eigenvalue weighted by molar-refractivity contribution is 5.90. The molecule has 2 aromatic rings. The largest absolute Gasteiger partial charge is 0.418 e. The second-order valence-corrected chi connectivity index (χ2v) is 3.93. The summed E-state index contributed by atoms with van der Waals surface area (Å²) < 4.78 is 38.4. The molecule has 2 heterocycles. The fourth-order valence-electron chi connectivity index (χ4n) is 1.70. The van der Waals surface area contributed by atoms with Crippen molar-refractivity contribution in [2.75, 3.05) is 11.9 Å². The van der Waals surface area contributed by atoms with Crippen LogP contribution in [0.4, 0.5) is 19.0 Å². The Kier molecular flexibility index (Phi) is 3.40. The van der Waals surface area contributed by atoms with Crippen molar-refractivity contribution >= 4 is 16.9 Å². The predicted molar refractivity (Wildman–Crippen MR) is 62.3 cm³/mol. The molecule has 0 bridgehead atoms. The number of fused-ring (bicyclic) bond motifs is 1. The normalized spacial score (nSPS) is 12.0. The van der Waals surface area contributed by atoms with Crippen molar-refractivity contribution in [3.8, 4) is 0 Å². The number of anilines is 1. The summed E-state index contributed by atoms with van der Waals surface area (Å²) in [6.07, 6.45) is -0.417. The molecule has 2 rings (SSSR count). The van der Waals surface area contributed by atoms with E-state index in [1.54, 1.807) is 0 Å². The molecule has 0 saturated heterocycles. The molecular weight excluding hydrogens is 245 g/mol. The molecule has 18 heavy (non-hydrogen) atoms. The molecule has 0 aromatic carbocycles. The van der Waals surface area contributed by atoms with E-state index in [4.69, 9.17) is 0 Å². The first-order valence-corrected chi connectivity index (χ1v) is 5.67. The Morgan fingerprint density at radius 3 is 2.78 bits per heavy atom. The maximum Gasteiger partial charge on any atom is 0.418 e. The molecule has 0 aliphatic carbocycles. The fourth-order valence-corrected chi connectivity index (χ4v) is 1.70. The number of hydrogen-bond acceptors (Lipinski definition) is 3. The highest BCUT2D eigenvalue weighted by atomic mass is 19.4. The summed E-state index contributed by atoms with van der Waals surface area (Å²) in [7, 11) is 0. The molecule has 98 valence electrons. The number of nitrogens with one attached hydrogen (secondary N) is 2. The van der Waals surface area contributed by atoms with E-state index in [1.165, 1.54) is 6.33 Å². The average Bonchev–Trinajstić information content (AvgIpc) is 2.73. The van der Waals surface area contributed by atoms with Crippen molar-refractivity contribution in [2.45, 2.75) is 25.9 Å². The zero-order valence-corrected chi connectivity index (χ0v) is 9.80. The van der Waals surface area contributed by atoms with E-state index >= 15 is 0 Å². The number of unbranched alkanes of at least 4 members (excludes halogenated alkanes) is 1. The van der Waals surface area contributed by atoms with Crippen LogP contribution in [0.15, 0.2) is 12.5 Å². The Morgan fingerprint density at radius 2 is 2.11 bits per heavy atom. The van der Waals surface area contributed by atoms with Gasteiger partial charge in [0.25, 0.3) is 0 Å². The van der Waals surface area contributed by atoms with Gasteiger partial charge in [0.2, 0.25) is 0 Å². The van der Waals surface area contributed by atoms with Gasteiger partial charge in [0, 0.05) is 12.7 Å². The van der Waals surface area contributed by atoms with Crippen molar-refractivity contribution in [3.63, 3.8) is 0 Å². The lowest BCUT2D eigenvalue weighted by Crippen LogP contribution is -2.08. The molecule has 0 saturated carbocycles. The maximum atomic E-state index is 12.8. The molecule has 0 unspecified atom stereocenters. The molecular formula is C11H13F3N4. The standard InChI is InChI=1S/C11H13F3N4/c1-2-3-4-15-9-8-7(11(12,13)14)5-16-10(8)18-6-17-9/h5-6H,2-4H2,1H3,(H2,15,16,17,18). The Balaban J connectivity index is 2.42. The van der Waals surface area contributed by atoms with Crippen LogP contribution in [0.3, 0.4) is 0 Å². The molecule has 0 aliphatic rings. The molecule has 0 amide bonds. The third-order valence-corrected chi connectivity index (χ3v) is 2.60. The molecule has 2 N–H and O–H groups in total. The topological polar surface area (TPSA) is 53.6 Å². The highest BCUT2D eigenvalue weighted by Crippen LogP contribution is 2.36. The molecule has 4 nitrogen and oxygen atoms in total. The van der Waals surface area contributed by atoms with Crippen LogP contribution in [-0.2, 0) is 6.18 Å². The van der Waals surface area contributed by atoms with Crippen molar-refractivity contribution < 1.29 is 13.2 Å². The van der Waals surface area contributed by atoms with Crippen LogP contribution in [0.25, 0.3) is 11.0 Å². The number of hydrogen-bond donors (Lipinski definition) is 2. The van der Waals surface area contributed by atoms with Gasteiger partial charge in [0.05, 0.1) is 10.9 Å². The number of aromatic nitrogens is 3. The van der Waals surface area contributed by atoms with E-state index in [-0.39, 0.29) is 16.9 Å². The van der Waals surface area contributed by atoms with E-state index in [1.807, 2.05) is 6.92 Å². The minimum absolute atomic E-state index is 0.00102. The van der Waals surface area contributed by atoms with Crippen LogP contribution < -0.4 is 5.32 Å². The monoisotopic (exact) mass is 258 g/mol. The maximum absolute atomic E-state index is 12.8. The number of H-pyrrole nitrogens is 1. The van der Waals surface area contributed by atoms with Gasteiger partial charge in [0.15, 0.2) is 0 Å². The number of aromatic amines is 1. The molecule has 0 radical (unpaired) electrons. The van der Waals surface area contributed by atoms with Gasteiger partial charge in [-0.15, -0.1) is 0 Å². The summed E-state index contributed by atoms with van der Waals surface area (Å²) >= 11 is 0. The first kappa shape index (κ1) is 12.7. The van der Waals surface area contributed by atoms with Crippen molar-refractivity contribution in [1.82, 2.24) is 15.0 Å². The Morgan fingerprint density at radius 1 is 1.33 bits per heavy atom. The lowest BCUT2D eigenvalue weighted by molar-refractivity contribution is -0.136. The third kappa shape index (κ3) is 2.39. The lowest BCUT2D eigenvalue weighted by atomic mass is 10.2. The van der Waals surface area contributed by atoms with E-state index in [0.717, 1.165) is 19.0 Å². The first-order chi connectivity index (χ1) is 8.54. The van der Waals surface area contributed by atoms with Gasteiger partial charge in [-0.25, -0.2) is 9.97 Å².